The first-order chi connectivity index (χ1) is 13.2. The molecule has 140 valence electrons. The van der Waals surface area contributed by atoms with Crippen LogP contribution in [0.2, 0.25) is 0 Å². The molecule has 2 aromatic carbocycles. The lowest BCUT2D eigenvalue weighted by molar-refractivity contribution is 0.122. The van der Waals surface area contributed by atoms with Crippen molar-refractivity contribution in [3.05, 3.63) is 83.4 Å². The van der Waals surface area contributed by atoms with Crippen LogP contribution in [0.4, 0.5) is 4.39 Å². The molecule has 0 bridgehead atoms. The second kappa shape index (κ2) is 8.03. The number of piperazine rings is 1. The highest BCUT2D eigenvalue weighted by molar-refractivity contribution is 5.32. The molecule has 5 heteroatoms. The van der Waals surface area contributed by atoms with Crippen LogP contribution < -0.4 is 0 Å². The van der Waals surface area contributed by atoms with Gasteiger partial charge in [-0.25, -0.2) is 9.07 Å². The van der Waals surface area contributed by atoms with Crippen molar-refractivity contribution in [2.45, 2.75) is 20.0 Å². The van der Waals surface area contributed by atoms with Gasteiger partial charge < -0.3 is 0 Å². The van der Waals surface area contributed by atoms with Gasteiger partial charge in [0.15, 0.2) is 0 Å². The van der Waals surface area contributed by atoms with Crippen LogP contribution >= 0.6 is 0 Å². The lowest BCUT2D eigenvalue weighted by atomic mass is 10.2. The summed E-state index contributed by atoms with van der Waals surface area (Å²) in [6.45, 7) is 7.86. The molecule has 0 spiro atoms. The SMILES string of the molecule is Cc1nn(-c2ccccc2)cc1CN1CCN(Cc2cccc(F)c2)CC1. The molecule has 1 aliphatic rings. The van der Waals surface area contributed by atoms with Gasteiger partial charge in [-0.15, -0.1) is 0 Å². The van der Waals surface area contributed by atoms with Crippen LogP contribution in [-0.2, 0) is 13.1 Å². The molecule has 1 fully saturated rings. The molecule has 0 unspecified atom stereocenters. The summed E-state index contributed by atoms with van der Waals surface area (Å²) in [5, 5.41) is 4.67. The van der Waals surface area contributed by atoms with E-state index in [-0.39, 0.29) is 5.82 Å². The van der Waals surface area contributed by atoms with Crippen LogP contribution in [0.25, 0.3) is 5.69 Å². The molecule has 0 aliphatic carbocycles. The lowest BCUT2D eigenvalue weighted by Gasteiger charge is -2.34. The van der Waals surface area contributed by atoms with Crippen molar-refractivity contribution in [3.8, 4) is 5.69 Å². The Labute approximate surface area is 159 Å². The highest BCUT2D eigenvalue weighted by atomic mass is 19.1. The van der Waals surface area contributed by atoms with Gasteiger partial charge in [-0.1, -0.05) is 30.3 Å². The van der Waals surface area contributed by atoms with Crippen molar-refractivity contribution in [1.29, 1.82) is 0 Å². The van der Waals surface area contributed by atoms with Gasteiger partial charge in [-0.2, -0.15) is 5.10 Å². The molecule has 0 saturated carbocycles. The van der Waals surface area contributed by atoms with E-state index in [0.29, 0.717) is 0 Å². The molecule has 4 rings (SSSR count). The average Bonchev–Trinajstić information content (AvgIpc) is 3.05. The Kier molecular flexibility index (Phi) is 5.32. The van der Waals surface area contributed by atoms with E-state index in [2.05, 4.69) is 40.2 Å². The van der Waals surface area contributed by atoms with Gasteiger partial charge in [0, 0.05) is 51.0 Å². The van der Waals surface area contributed by atoms with Crippen LogP contribution in [-0.4, -0.2) is 45.8 Å². The Morgan fingerprint density at radius 3 is 2.30 bits per heavy atom. The van der Waals surface area contributed by atoms with Gasteiger partial charge in [0.2, 0.25) is 0 Å². The lowest BCUT2D eigenvalue weighted by Crippen LogP contribution is -2.45. The summed E-state index contributed by atoms with van der Waals surface area (Å²) in [5.41, 5.74) is 4.49. The summed E-state index contributed by atoms with van der Waals surface area (Å²) in [6, 6.07) is 17.1. The Bertz CT molecular complexity index is 882. The zero-order valence-corrected chi connectivity index (χ0v) is 15.7. The van der Waals surface area contributed by atoms with Gasteiger partial charge in [-0.05, 0) is 36.8 Å². The third-order valence-electron chi connectivity index (χ3n) is 5.18. The highest BCUT2D eigenvalue weighted by Crippen LogP contribution is 2.16. The van der Waals surface area contributed by atoms with E-state index in [1.165, 1.54) is 11.6 Å². The Hall–Kier alpha value is -2.50. The largest absolute Gasteiger partial charge is 0.297 e. The van der Waals surface area contributed by atoms with E-state index in [1.54, 1.807) is 12.1 Å². The van der Waals surface area contributed by atoms with Gasteiger partial charge in [0.25, 0.3) is 0 Å². The van der Waals surface area contributed by atoms with Crippen molar-refractivity contribution < 1.29 is 4.39 Å². The first kappa shape index (κ1) is 17.9. The van der Waals surface area contributed by atoms with Crippen molar-refractivity contribution >= 4 is 0 Å². The number of nitrogens with zero attached hydrogens (tertiary/aromatic N) is 4. The van der Waals surface area contributed by atoms with Gasteiger partial charge >= 0.3 is 0 Å². The van der Waals surface area contributed by atoms with Crippen LogP contribution in [0.5, 0.6) is 0 Å². The van der Waals surface area contributed by atoms with Crippen molar-refractivity contribution in [1.82, 2.24) is 19.6 Å². The number of aromatic nitrogens is 2. The topological polar surface area (TPSA) is 24.3 Å². The van der Waals surface area contributed by atoms with Gasteiger partial charge in [-0.3, -0.25) is 9.80 Å². The van der Waals surface area contributed by atoms with Crippen LogP contribution in [0.3, 0.4) is 0 Å². The normalized spacial score (nSPS) is 15.9. The molecule has 0 atom stereocenters. The summed E-state index contributed by atoms with van der Waals surface area (Å²) in [7, 11) is 0. The quantitative estimate of drug-likeness (QED) is 0.691. The maximum atomic E-state index is 13.4. The van der Waals surface area contributed by atoms with Gasteiger partial charge in [0.05, 0.1) is 11.4 Å². The summed E-state index contributed by atoms with van der Waals surface area (Å²) < 4.78 is 15.3. The molecular weight excluding hydrogens is 339 g/mol. The number of aryl methyl sites for hydroxylation is 1. The van der Waals surface area contributed by atoms with E-state index >= 15 is 0 Å². The molecule has 1 aromatic heterocycles. The summed E-state index contributed by atoms with van der Waals surface area (Å²) >= 11 is 0. The van der Waals surface area contributed by atoms with Crippen molar-refractivity contribution in [3.63, 3.8) is 0 Å². The molecule has 2 heterocycles. The molecule has 0 radical (unpaired) electrons. The number of benzene rings is 2. The maximum Gasteiger partial charge on any atom is 0.123 e. The molecule has 4 nitrogen and oxygen atoms in total. The van der Waals surface area contributed by atoms with Crippen LogP contribution in [0.1, 0.15) is 16.8 Å². The Morgan fingerprint density at radius 2 is 1.59 bits per heavy atom. The molecule has 0 N–H and O–H groups in total. The summed E-state index contributed by atoms with van der Waals surface area (Å²) in [4.78, 5) is 4.87. The van der Waals surface area contributed by atoms with Crippen molar-refractivity contribution in [2.24, 2.45) is 0 Å². The second-order valence-corrected chi connectivity index (χ2v) is 7.20. The third-order valence-corrected chi connectivity index (χ3v) is 5.18. The third kappa shape index (κ3) is 4.43. The smallest absolute Gasteiger partial charge is 0.123 e. The Morgan fingerprint density at radius 1 is 0.889 bits per heavy atom. The first-order valence-corrected chi connectivity index (χ1v) is 9.47. The van der Waals surface area contributed by atoms with E-state index in [4.69, 9.17) is 0 Å². The average molecular weight is 364 g/mol. The van der Waals surface area contributed by atoms with Crippen LogP contribution in [0.15, 0.2) is 60.8 Å². The minimum atomic E-state index is -0.156. The molecule has 0 amide bonds. The van der Waals surface area contributed by atoms with Crippen molar-refractivity contribution in [2.75, 3.05) is 26.2 Å². The first-order valence-electron chi connectivity index (χ1n) is 9.47. The summed E-state index contributed by atoms with van der Waals surface area (Å²) in [6.07, 6.45) is 2.14. The molecular formula is C22H25FN4. The zero-order chi connectivity index (χ0) is 18.6. The fourth-order valence-electron chi connectivity index (χ4n) is 3.60. The number of halogens is 1. The predicted molar refractivity (Wildman–Crippen MR) is 105 cm³/mol. The number of para-hydroxylation sites is 1. The highest BCUT2D eigenvalue weighted by Gasteiger charge is 2.19. The second-order valence-electron chi connectivity index (χ2n) is 7.20. The van der Waals surface area contributed by atoms with E-state index in [0.717, 1.165) is 56.2 Å². The predicted octanol–water partition coefficient (Wildman–Crippen LogP) is 3.64. The molecule has 1 saturated heterocycles. The fraction of sp³-hybridized carbons (Fsp3) is 0.318. The van der Waals surface area contributed by atoms with E-state index in [9.17, 15) is 4.39 Å². The molecule has 3 aromatic rings. The monoisotopic (exact) mass is 364 g/mol. The number of rotatable bonds is 5. The fourth-order valence-corrected chi connectivity index (χ4v) is 3.60. The molecule has 27 heavy (non-hydrogen) atoms. The maximum absolute atomic E-state index is 13.4. The standard InChI is InChI=1S/C22H25FN4/c1-18-20(17-27(24-18)22-8-3-2-4-9-22)16-26-12-10-25(11-13-26)15-19-6-5-7-21(23)14-19/h2-9,14,17H,10-13,15-16H2,1H3. The summed E-state index contributed by atoms with van der Waals surface area (Å²) in [5.74, 6) is -0.156. The zero-order valence-electron chi connectivity index (χ0n) is 15.7. The number of hydrogen-bond acceptors (Lipinski definition) is 3. The van der Waals surface area contributed by atoms with E-state index < -0.39 is 0 Å². The van der Waals surface area contributed by atoms with E-state index in [1.807, 2.05) is 28.9 Å². The van der Waals surface area contributed by atoms with Gasteiger partial charge in [0.1, 0.15) is 5.82 Å². The Balaban J connectivity index is 1.34. The molecule has 1 aliphatic heterocycles. The number of hydrogen-bond donors (Lipinski definition) is 0. The minimum absolute atomic E-state index is 0.156. The van der Waals surface area contributed by atoms with Crippen LogP contribution in [0, 0.1) is 12.7 Å². The minimum Gasteiger partial charge on any atom is -0.297 e.